The molecule has 0 aliphatic heterocycles. The maximum absolute atomic E-state index is 10.8. The van der Waals surface area contributed by atoms with Gasteiger partial charge in [-0.15, -0.1) is 0 Å². The van der Waals surface area contributed by atoms with Crippen LogP contribution < -0.4 is 4.74 Å². The minimum atomic E-state index is 0.638. The molecule has 2 aromatic rings. The van der Waals surface area contributed by atoms with Crippen molar-refractivity contribution in [1.82, 2.24) is 9.88 Å². The Morgan fingerprint density at radius 2 is 2.24 bits per heavy atom. The molecule has 17 heavy (non-hydrogen) atoms. The number of nitrogens with zero attached hydrogens (tertiary/aromatic N) is 1. The first kappa shape index (κ1) is 11.7. The molecule has 4 heteroatoms. The standard InChI is InChI=1S/C13H16N2O2/c1-15(2)5-6-17-11-3-4-13-12(7-11)10(9-16)8-14-13/h3-4,7-9,14H,5-6H2,1-2H3. The van der Waals surface area contributed by atoms with E-state index in [1.807, 2.05) is 32.3 Å². The molecule has 0 spiro atoms. The smallest absolute Gasteiger partial charge is 0.152 e. The Labute approximate surface area is 100 Å². The summed E-state index contributed by atoms with van der Waals surface area (Å²) in [5.41, 5.74) is 1.62. The van der Waals surface area contributed by atoms with E-state index in [0.29, 0.717) is 12.2 Å². The van der Waals surface area contributed by atoms with Gasteiger partial charge in [-0.3, -0.25) is 4.79 Å². The third-order valence-electron chi connectivity index (χ3n) is 2.62. The Hall–Kier alpha value is -1.81. The number of likely N-dealkylation sites (N-methyl/N-ethyl adjacent to an activating group) is 1. The fourth-order valence-corrected chi connectivity index (χ4v) is 1.65. The highest BCUT2D eigenvalue weighted by Gasteiger charge is 2.04. The quantitative estimate of drug-likeness (QED) is 0.801. The number of aromatic nitrogens is 1. The number of fused-ring (bicyclic) bond motifs is 1. The average Bonchev–Trinajstić information content (AvgIpc) is 2.70. The lowest BCUT2D eigenvalue weighted by atomic mass is 10.2. The molecule has 1 heterocycles. The van der Waals surface area contributed by atoms with Gasteiger partial charge in [-0.2, -0.15) is 0 Å². The van der Waals surface area contributed by atoms with E-state index in [2.05, 4.69) is 9.88 Å². The molecule has 0 aliphatic carbocycles. The van der Waals surface area contributed by atoms with Crippen LogP contribution in [0.1, 0.15) is 10.4 Å². The summed E-state index contributed by atoms with van der Waals surface area (Å²) >= 11 is 0. The number of carbonyl (C=O) groups excluding carboxylic acids is 1. The molecule has 1 aromatic carbocycles. The van der Waals surface area contributed by atoms with Crippen LogP contribution >= 0.6 is 0 Å². The average molecular weight is 232 g/mol. The topological polar surface area (TPSA) is 45.3 Å². The number of hydrogen-bond acceptors (Lipinski definition) is 3. The zero-order chi connectivity index (χ0) is 12.3. The lowest BCUT2D eigenvalue weighted by Gasteiger charge is -2.10. The Kier molecular flexibility index (Phi) is 3.44. The largest absolute Gasteiger partial charge is 0.492 e. The van der Waals surface area contributed by atoms with Gasteiger partial charge in [0.15, 0.2) is 6.29 Å². The summed E-state index contributed by atoms with van der Waals surface area (Å²) in [5, 5.41) is 0.905. The monoisotopic (exact) mass is 232 g/mol. The molecule has 1 aromatic heterocycles. The Bertz CT molecular complexity index is 517. The van der Waals surface area contributed by atoms with Crippen LogP contribution in [0.3, 0.4) is 0 Å². The van der Waals surface area contributed by atoms with Gasteiger partial charge in [0.25, 0.3) is 0 Å². The van der Waals surface area contributed by atoms with Gasteiger partial charge >= 0.3 is 0 Å². The van der Waals surface area contributed by atoms with Crippen LogP contribution in [0.25, 0.3) is 10.9 Å². The summed E-state index contributed by atoms with van der Waals surface area (Å²) in [5.74, 6) is 0.794. The van der Waals surface area contributed by atoms with Gasteiger partial charge in [-0.25, -0.2) is 0 Å². The Morgan fingerprint density at radius 1 is 1.41 bits per heavy atom. The van der Waals surface area contributed by atoms with Crippen molar-refractivity contribution in [2.45, 2.75) is 0 Å². The van der Waals surface area contributed by atoms with Crippen LogP contribution in [0, 0.1) is 0 Å². The summed E-state index contributed by atoms with van der Waals surface area (Å²) in [6.45, 7) is 1.51. The summed E-state index contributed by atoms with van der Waals surface area (Å²) in [6.07, 6.45) is 2.56. The fourth-order valence-electron chi connectivity index (χ4n) is 1.65. The van der Waals surface area contributed by atoms with Crippen molar-refractivity contribution < 1.29 is 9.53 Å². The summed E-state index contributed by atoms with van der Waals surface area (Å²) in [4.78, 5) is 15.9. The van der Waals surface area contributed by atoms with E-state index >= 15 is 0 Å². The first-order valence-corrected chi connectivity index (χ1v) is 5.54. The molecule has 90 valence electrons. The minimum Gasteiger partial charge on any atom is -0.492 e. The number of aldehydes is 1. The normalized spacial score (nSPS) is 11.0. The summed E-state index contributed by atoms with van der Waals surface area (Å²) in [6, 6.07) is 5.72. The molecular weight excluding hydrogens is 216 g/mol. The molecule has 0 atom stereocenters. The number of H-pyrrole nitrogens is 1. The van der Waals surface area contributed by atoms with Gasteiger partial charge in [-0.05, 0) is 32.3 Å². The van der Waals surface area contributed by atoms with Crippen LogP contribution in [0.15, 0.2) is 24.4 Å². The molecule has 2 rings (SSSR count). The molecular formula is C13H16N2O2. The van der Waals surface area contributed by atoms with E-state index in [4.69, 9.17) is 4.74 Å². The molecule has 0 bridgehead atoms. The van der Waals surface area contributed by atoms with Crippen LogP contribution in [0.4, 0.5) is 0 Å². The fraction of sp³-hybridized carbons (Fsp3) is 0.308. The van der Waals surface area contributed by atoms with Crippen LogP contribution in [-0.4, -0.2) is 43.4 Å². The van der Waals surface area contributed by atoms with Gasteiger partial charge < -0.3 is 14.6 Å². The van der Waals surface area contributed by atoms with Crippen molar-refractivity contribution >= 4 is 17.2 Å². The third-order valence-corrected chi connectivity index (χ3v) is 2.62. The number of aromatic amines is 1. The Morgan fingerprint density at radius 3 is 2.94 bits per heavy atom. The number of hydrogen-bond donors (Lipinski definition) is 1. The third kappa shape index (κ3) is 2.65. The van der Waals surface area contributed by atoms with Crippen molar-refractivity contribution in [2.24, 2.45) is 0 Å². The van der Waals surface area contributed by atoms with Gasteiger partial charge in [-0.1, -0.05) is 0 Å². The molecule has 0 saturated heterocycles. The van der Waals surface area contributed by atoms with Crippen LogP contribution in [-0.2, 0) is 0 Å². The number of carbonyl (C=O) groups is 1. The van der Waals surface area contributed by atoms with E-state index in [-0.39, 0.29) is 0 Å². The van der Waals surface area contributed by atoms with Crippen molar-refractivity contribution in [3.8, 4) is 5.75 Å². The molecule has 1 N–H and O–H groups in total. The van der Waals surface area contributed by atoms with E-state index in [1.54, 1.807) is 6.20 Å². The van der Waals surface area contributed by atoms with E-state index in [9.17, 15) is 4.79 Å². The second-order valence-corrected chi connectivity index (χ2v) is 4.22. The Balaban J connectivity index is 2.15. The second kappa shape index (κ2) is 5.01. The number of benzene rings is 1. The SMILES string of the molecule is CN(C)CCOc1ccc2[nH]cc(C=O)c2c1. The zero-order valence-corrected chi connectivity index (χ0v) is 10.1. The maximum atomic E-state index is 10.8. The maximum Gasteiger partial charge on any atom is 0.152 e. The van der Waals surface area contributed by atoms with Crippen molar-refractivity contribution in [1.29, 1.82) is 0 Å². The van der Waals surface area contributed by atoms with Crippen molar-refractivity contribution in [3.63, 3.8) is 0 Å². The first-order chi connectivity index (χ1) is 8.20. The molecule has 0 unspecified atom stereocenters. The molecule has 0 amide bonds. The molecule has 0 aliphatic rings. The molecule has 0 radical (unpaired) electrons. The highest BCUT2D eigenvalue weighted by atomic mass is 16.5. The van der Waals surface area contributed by atoms with Crippen LogP contribution in [0.5, 0.6) is 5.75 Å². The summed E-state index contributed by atoms with van der Waals surface area (Å²) in [7, 11) is 4.01. The van der Waals surface area contributed by atoms with Gasteiger partial charge in [0.1, 0.15) is 12.4 Å². The molecule has 0 saturated carbocycles. The van der Waals surface area contributed by atoms with Crippen LogP contribution in [0.2, 0.25) is 0 Å². The van der Waals surface area contributed by atoms with E-state index < -0.39 is 0 Å². The van der Waals surface area contributed by atoms with Crippen molar-refractivity contribution in [2.75, 3.05) is 27.2 Å². The number of ether oxygens (including phenoxy) is 1. The highest BCUT2D eigenvalue weighted by molar-refractivity contribution is 5.97. The van der Waals surface area contributed by atoms with E-state index in [0.717, 1.165) is 29.5 Å². The van der Waals surface area contributed by atoms with Gasteiger partial charge in [0.2, 0.25) is 0 Å². The minimum absolute atomic E-state index is 0.638. The van der Waals surface area contributed by atoms with Gasteiger partial charge in [0, 0.05) is 29.2 Å². The molecule has 4 nitrogen and oxygen atoms in total. The number of rotatable bonds is 5. The highest BCUT2D eigenvalue weighted by Crippen LogP contribution is 2.22. The molecule has 0 fully saturated rings. The second-order valence-electron chi connectivity index (χ2n) is 4.22. The summed E-state index contributed by atoms with van der Waals surface area (Å²) < 4.78 is 5.62. The van der Waals surface area contributed by atoms with Gasteiger partial charge in [0.05, 0.1) is 0 Å². The first-order valence-electron chi connectivity index (χ1n) is 5.54. The van der Waals surface area contributed by atoms with Crippen molar-refractivity contribution in [3.05, 3.63) is 30.0 Å². The number of nitrogens with one attached hydrogen (secondary N) is 1. The zero-order valence-electron chi connectivity index (χ0n) is 10.1. The lowest BCUT2D eigenvalue weighted by Crippen LogP contribution is -2.19. The predicted molar refractivity (Wildman–Crippen MR) is 67.7 cm³/mol. The van der Waals surface area contributed by atoms with E-state index in [1.165, 1.54) is 0 Å². The predicted octanol–water partition coefficient (Wildman–Crippen LogP) is 1.92. The lowest BCUT2D eigenvalue weighted by molar-refractivity contribution is 0.112.